The fraction of sp³-hybridized carbons (Fsp3) is 0.125. The summed E-state index contributed by atoms with van der Waals surface area (Å²) in [5.74, 6) is -0.502. The van der Waals surface area contributed by atoms with E-state index in [1.165, 1.54) is 24.3 Å². The van der Waals surface area contributed by atoms with Gasteiger partial charge in [0.25, 0.3) is 0 Å². The van der Waals surface area contributed by atoms with Gasteiger partial charge >= 0.3 is 88.7 Å². The molecule has 1 aromatic carbocycles. The molecule has 1 aromatic rings. The van der Waals surface area contributed by atoms with E-state index in [0.717, 1.165) is 0 Å². The van der Waals surface area contributed by atoms with E-state index in [4.69, 9.17) is 13.9 Å². The van der Waals surface area contributed by atoms with Crippen LogP contribution in [0.3, 0.4) is 0 Å². The molecular formula is C8H11AsN2O4. The maximum absolute atomic E-state index is 10.9. The molecule has 1 amide bonds. The number of hydrogen-bond acceptors (Lipinski definition) is 3. The molecular weight excluding hydrogens is 263 g/mol. The Morgan fingerprint density at radius 2 is 1.87 bits per heavy atom. The van der Waals surface area contributed by atoms with Crippen LogP contribution in [0.4, 0.5) is 5.69 Å². The summed E-state index contributed by atoms with van der Waals surface area (Å²) >= 11 is -4.80. The van der Waals surface area contributed by atoms with Gasteiger partial charge in [-0.1, -0.05) is 0 Å². The predicted octanol–water partition coefficient (Wildman–Crippen LogP) is -1.86. The molecule has 0 fully saturated rings. The number of hydrogen-bond donors (Lipinski definition) is 4. The Bertz CT molecular complexity index is 398. The van der Waals surface area contributed by atoms with Crippen molar-refractivity contribution in [3.05, 3.63) is 24.3 Å². The van der Waals surface area contributed by atoms with Crippen LogP contribution in [-0.4, -0.2) is 34.8 Å². The zero-order valence-electron chi connectivity index (χ0n) is 7.75. The van der Waals surface area contributed by atoms with Gasteiger partial charge in [-0.2, -0.15) is 0 Å². The van der Waals surface area contributed by atoms with Crippen LogP contribution in [0.25, 0.3) is 0 Å². The van der Waals surface area contributed by atoms with E-state index in [1.807, 2.05) is 0 Å². The fourth-order valence-electron chi connectivity index (χ4n) is 0.963. The molecule has 6 nitrogen and oxygen atoms in total. The zero-order chi connectivity index (χ0) is 11.5. The number of anilines is 1. The number of nitrogens with two attached hydrogens (primary N) is 1. The molecule has 0 heterocycles. The van der Waals surface area contributed by atoms with E-state index in [9.17, 15) is 8.53 Å². The average Bonchev–Trinajstić information content (AvgIpc) is 2.14. The molecule has 15 heavy (non-hydrogen) atoms. The first kappa shape index (κ1) is 11.8. The molecule has 0 aromatic heterocycles. The van der Waals surface area contributed by atoms with Gasteiger partial charge in [0.1, 0.15) is 0 Å². The number of primary amides is 1. The molecule has 5 N–H and O–H groups in total. The maximum atomic E-state index is 10.9. The Kier molecular flexibility index (Phi) is 3.57. The summed E-state index contributed by atoms with van der Waals surface area (Å²) in [6.07, 6.45) is 0. The summed E-state index contributed by atoms with van der Waals surface area (Å²) in [5, 5.41) is 2.70. The first-order valence-corrected chi connectivity index (χ1v) is 7.46. The third-order valence-electron chi connectivity index (χ3n) is 1.67. The van der Waals surface area contributed by atoms with Crippen LogP contribution >= 0.6 is 0 Å². The van der Waals surface area contributed by atoms with Gasteiger partial charge < -0.3 is 0 Å². The second-order valence-corrected chi connectivity index (χ2v) is 6.28. The van der Waals surface area contributed by atoms with Gasteiger partial charge in [0, 0.05) is 0 Å². The molecule has 0 radical (unpaired) electrons. The summed E-state index contributed by atoms with van der Waals surface area (Å²) in [6.45, 7) is -0.0136. The summed E-state index contributed by atoms with van der Waals surface area (Å²) < 4.78 is 28.6. The van der Waals surface area contributed by atoms with Crippen LogP contribution in [0.5, 0.6) is 0 Å². The van der Waals surface area contributed by atoms with Crippen LogP contribution in [0, 0.1) is 0 Å². The van der Waals surface area contributed by atoms with Crippen LogP contribution in [0.15, 0.2) is 24.3 Å². The molecule has 0 aliphatic heterocycles. The van der Waals surface area contributed by atoms with E-state index < -0.39 is 20.1 Å². The van der Waals surface area contributed by atoms with Crippen LogP contribution in [-0.2, 0) is 8.53 Å². The minimum absolute atomic E-state index is 0.00208. The molecule has 7 heteroatoms. The molecule has 82 valence electrons. The van der Waals surface area contributed by atoms with E-state index in [1.54, 1.807) is 0 Å². The van der Waals surface area contributed by atoms with Crippen molar-refractivity contribution in [2.75, 3.05) is 11.9 Å². The van der Waals surface area contributed by atoms with Crippen molar-refractivity contribution in [2.45, 2.75) is 0 Å². The van der Waals surface area contributed by atoms with Crippen molar-refractivity contribution in [1.29, 1.82) is 0 Å². The van der Waals surface area contributed by atoms with Gasteiger partial charge in [-0.3, -0.25) is 0 Å². The van der Waals surface area contributed by atoms with E-state index in [2.05, 4.69) is 5.32 Å². The van der Waals surface area contributed by atoms with Crippen molar-refractivity contribution in [2.24, 2.45) is 5.73 Å². The third-order valence-corrected chi connectivity index (χ3v) is 3.71. The molecule has 0 saturated heterocycles. The van der Waals surface area contributed by atoms with Gasteiger partial charge in [0.2, 0.25) is 0 Å². The van der Waals surface area contributed by atoms with Crippen molar-refractivity contribution in [1.82, 2.24) is 0 Å². The Morgan fingerprint density at radius 1 is 1.33 bits per heavy atom. The van der Waals surface area contributed by atoms with Crippen LogP contribution in [0.2, 0.25) is 0 Å². The second-order valence-electron chi connectivity index (χ2n) is 2.91. The normalized spacial score (nSPS) is 11.1. The Morgan fingerprint density at radius 3 is 2.27 bits per heavy atom. The fourth-order valence-corrected chi connectivity index (χ4v) is 2.09. The molecule has 0 bridgehead atoms. The van der Waals surface area contributed by atoms with E-state index >= 15 is 0 Å². The summed E-state index contributed by atoms with van der Waals surface area (Å²) in [5.41, 5.74) is 5.50. The van der Waals surface area contributed by atoms with E-state index in [-0.39, 0.29) is 10.9 Å². The van der Waals surface area contributed by atoms with Gasteiger partial charge in [-0.15, -0.1) is 0 Å². The molecule has 0 unspecified atom stereocenters. The standard InChI is InChI=1S/C8H11AsN2O4/c10-8(12)5-11-7-3-1-6(2-4-7)9(13,14)15/h1-4,11H,5H2,(H2,10,12)(H2,13,14,15). The molecule has 0 aliphatic carbocycles. The summed E-state index contributed by atoms with van der Waals surface area (Å²) in [4.78, 5) is 10.4. The molecule has 0 saturated carbocycles. The number of carbonyl (C=O) groups is 1. The Hall–Kier alpha value is -1.23. The molecule has 0 aliphatic rings. The van der Waals surface area contributed by atoms with Crippen LogP contribution < -0.4 is 15.4 Å². The van der Waals surface area contributed by atoms with Crippen molar-refractivity contribution in [3.63, 3.8) is 0 Å². The monoisotopic (exact) mass is 274 g/mol. The molecule has 0 spiro atoms. The Balaban J connectivity index is 2.73. The average molecular weight is 274 g/mol. The number of amides is 1. The number of carbonyl (C=O) groups excluding carboxylic acids is 1. The third kappa shape index (κ3) is 3.79. The Labute approximate surface area is 89.1 Å². The van der Waals surface area contributed by atoms with Crippen molar-refractivity contribution in [3.8, 4) is 0 Å². The topological polar surface area (TPSA) is 113 Å². The molecule has 0 atom stereocenters. The van der Waals surface area contributed by atoms with Gasteiger partial charge in [-0.05, 0) is 0 Å². The molecule has 1 rings (SSSR count). The SMILES string of the molecule is NC(=O)CNc1ccc([As](=O)(O)O)cc1. The van der Waals surface area contributed by atoms with Gasteiger partial charge in [0.15, 0.2) is 0 Å². The van der Waals surface area contributed by atoms with E-state index in [0.29, 0.717) is 5.69 Å². The van der Waals surface area contributed by atoms with Gasteiger partial charge in [0.05, 0.1) is 0 Å². The zero-order valence-corrected chi connectivity index (χ0v) is 9.63. The first-order chi connectivity index (χ1) is 6.89. The van der Waals surface area contributed by atoms with Crippen LogP contribution in [0.1, 0.15) is 0 Å². The number of benzene rings is 1. The second kappa shape index (κ2) is 4.53. The number of rotatable bonds is 4. The first-order valence-electron chi connectivity index (χ1n) is 4.08. The van der Waals surface area contributed by atoms with Crippen molar-refractivity contribution >= 4 is 30.1 Å². The minimum atomic E-state index is -4.80. The summed E-state index contributed by atoms with van der Waals surface area (Å²) in [6, 6.07) is 5.62. The quantitative estimate of drug-likeness (QED) is 0.481. The van der Waals surface area contributed by atoms with Gasteiger partial charge in [-0.25, -0.2) is 0 Å². The summed E-state index contributed by atoms with van der Waals surface area (Å²) in [7, 11) is 0. The predicted molar refractivity (Wildman–Crippen MR) is 54.6 cm³/mol. The van der Waals surface area contributed by atoms with Crippen molar-refractivity contribution < 1.29 is 16.7 Å². The number of nitrogens with one attached hydrogen (secondary N) is 1.